The van der Waals surface area contributed by atoms with Gasteiger partial charge in [0.1, 0.15) is 30.0 Å². The number of hydrogen-bond donors (Lipinski definition) is 1. The molecule has 9 nitrogen and oxygen atoms in total. The van der Waals surface area contributed by atoms with Crippen LogP contribution in [0.15, 0.2) is 36.4 Å². The Morgan fingerprint density at radius 2 is 1.86 bits per heavy atom. The predicted molar refractivity (Wildman–Crippen MR) is 130 cm³/mol. The molecule has 1 aliphatic heterocycles. The van der Waals surface area contributed by atoms with E-state index in [0.29, 0.717) is 11.9 Å². The van der Waals surface area contributed by atoms with Crippen molar-refractivity contribution in [3.05, 3.63) is 42.1 Å². The van der Waals surface area contributed by atoms with Crippen molar-refractivity contribution in [2.45, 2.75) is 58.8 Å². The fourth-order valence-electron chi connectivity index (χ4n) is 3.85. The van der Waals surface area contributed by atoms with Gasteiger partial charge in [0.15, 0.2) is 5.78 Å². The van der Waals surface area contributed by atoms with Crippen molar-refractivity contribution in [2.75, 3.05) is 19.7 Å². The number of rotatable bonds is 8. The standard InChI is InChI=1S/C26H33N3O6/c1-16(2)12-20(28-24(32)19-11-10-17-8-6-7-9-18(17)27-19)25(33)29-13-21(30)22(14-29)34-15-23(31)35-26(3,4)5/h6-11,16,20,22H,12-15H2,1-5H3,(H,28,32)/t20-,22?/m0/s1. The minimum absolute atomic E-state index is 0.0131. The molecule has 3 rings (SSSR count). The summed E-state index contributed by atoms with van der Waals surface area (Å²) in [5.74, 6) is -1.59. The molecule has 1 aromatic carbocycles. The molecule has 2 atom stereocenters. The molecule has 1 N–H and O–H groups in total. The lowest BCUT2D eigenvalue weighted by Crippen LogP contribution is -2.49. The Bertz CT molecular complexity index is 1110. The Balaban J connectivity index is 1.65. The lowest BCUT2D eigenvalue weighted by Gasteiger charge is -2.25. The molecule has 1 aliphatic rings. The lowest BCUT2D eigenvalue weighted by atomic mass is 10.0. The van der Waals surface area contributed by atoms with Gasteiger partial charge in [0.25, 0.3) is 5.91 Å². The summed E-state index contributed by atoms with van der Waals surface area (Å²) >= 11 is 0. The fourth-order valence-corrected chi connectivity index (χ4v) is 3.85. The summed E-state index contributed by atoms with van der Waals surface area (Å²) in [7, 11) is 0. The maximum atomic E-state index is 13.3. The minimum atomic E-state index is -0.913. The number of amides is 2. The Kier molecular flexibility index (Phi) is 8.22. The van der Waals surface area contributed by atoms with Crippen molar-refractivity contribution in [3.8, 4) is 0 Å². The van der Waals surface area contributed by atoms with Crippen LogP contribution < -0.4 is 5.32 Å². The van der Waals surface area contributed by atoms with E-state index >= 15 is 0 Å². The van der Waals surface area contributed by atoms with Gasteiger partial charge < -0.3 is 19.7 Å². The van der Waals surface area contributed by atoms with E-state index in [2.05, 4.69) is 10.3 Å². The number of benzene rings is 1. The van der Waals surface area contributed by atoms with Crippen molar-refractivity contribution < 1.29 is 28.7 Å². The molecule has 1 unspecified atom stereocenters. The lowest BCUT2D eigenvalue weighted by molar-refractivity contribution is -0.162. The zero-order chi connectivity index (χ0) is 25.8. The van der Waals surface area contributed by atoms with Crippen molar-refractivity contribution >= 4 is 34.5 Å². The molecule has 1 aromatic heterocycles. The first kappa shape index (κ1) is 26.3. The SMILES string of the molecule is CC(C)C[C@H](NC(=O)c1ccc2ccccc2n1)C(=O)N1CC(=O)C(OCC(=O)OC(C)(C)C)C1. The molecule has 9 heteroatoms. The number of carbonyl (C=O) groups is 4. The zero-order valence-corrected chi connectivity index (χ0v) is 20.9. The summed E-state index contributed by atoms with van der Waals surface area (Å²) in [6.45, 7) is 8.60. The fraction of sp³-hybridized carbons (Fsp3) is 0.500. The number of fused-ring (bicyclic) bond motifs is 1. The molecule has 0 saturated carbocycles. The van der Waals surface area contributed by atoms with Crippen LogP contribution in [0.2, 0.25) is 0 Å². The van der Waals surface area contributed by atoms with Gasteiger partial charge in [-0.05, 0) is 45.2 Å². The van der Waals surface area contributed by atoms with Gasteiger partial charge >= 0.3 is 5.97 Å². The summed E-state index contributed by atoms with van der Waals surface area (Å²) < 4.78 is 10.6. The Morgan fingerprint density at radius 1 is 1.14 bits per heavy atom. The summed E-state index contributed by atoms with van der Waals surface area (Å²) in [6, 6.07) is 10.1. The van der Waals surface area contributed by atoms with Crippen molar-refractivity contribution in [1.82, 2.24) is 15.2 Å². The summed E-state index contributed by atoms with van der Waals surface area (Å²) in [4.78, 5) is 56.3. The monoisotopic (exact) mass is 483 g/mol. The van der Waals surface area contributed by atoms with Gasteiger partial charge in [0, 0.05) is 5.39 Å². The zero-order valence-electron chi connectivity index (χ0n) is 20.9. The van der Waals surface area contributed by atoms with Crippen LogP contribution in [0.5, 0.6) is 0 Å². The number of para-hydroxylation sites is 1. The molecule has 188 valence electrons. The van der Waals surface area contributed by atoms with Crippen LogP contribution in [0, 0.1) is 5.92 Å². The number of nitrogens with one attached hydrogen (secondary N) is 1. The second kappa shape index (κ2) is 10.9. The molecule has 2 heterocycles. The van der Waals surface area contributed by atoms with E-state index in [9.17, 15) is 19.2 Å². The van der Waals surface area contributed by atoms with Crippen LogP contribution in [-0.2, 0) is 23.9 Å². The van der Waals surface area contributed by atoms with Crippen LogP contribution in [0.4, 0.5) is 0 Å². The van der Waals surface area contributed by atoms with E-state index < -0.39 is 29.6 Å². The highest BCUT2D eigenvalue weighted by Crippen LogP contribution is 2.17. The molecular weight excluding hydrogens is 450 g/mol. The number of likely N-dealkylation sites (tertiary alicyclic amines) is 1. The molecule has 0 spiro atoms. The molecule has 35 heavy (non-hydrogen) atoms. The molecule has 1 saturated heterocycles. The van der Waals surface area contributed by atoms with E-state index in [-0.39, 0.29) is 43.0 Å². The molecular formula is C26H33N3O6. The minimum Gasteiger partial charge on any atom is -0.458 e. The topological polar surface area (TPSA) is 115 Å². The van der Waals surface area contributed by atoms with Crippen LogP contribution in [0.1, 0.15) is 51.5 Å². The number of hydrogen-bond acceptors (Lipinski definition) is 7. The molecule has 0 bridgehead atoms. The van der Waals surface area contributed by atoms with Gasteiger partial charge in [-0.25, -0.2) is 9.78 Å². The number of nitrogens with zero attached hydrogens (tertiary/aromatic N) is 2. The number of carbonyl (C=O) groups excluding carboxylic acids is 4. The number of aromatic nitrogens is 1. The third-order valence-corrected chi connectivity index (χ3v) is 5.37. The Labute approximate surface area is 205 Å². The number of ketones is 1. The van der Waals surface area contributed by atoms with E-state index in [0.717, 1.165) is 5.39 Å². The molecule has 2 aromatic rings. The second-order valence-corrected chi connectivity index (χ2v) is 10.1. The first-order valence-corrected chi connectivity index (χ1v) is 11.7. The third-order valence-electron chi connectivity index (χ3n) is 5.37. The first-order valence-electron chi connectivity index (χ1n) is 11.7. The van der Waals surface area contributed by atoms with Crippen LogP contribution in [0.3, 0.4) is 0 Å². The summed E-state index contributed by atoms with van der Waals surface area (Å²) in [6.07, 6.45) is -0.518. The van der Waals surface area contributed by atoms with Crippen molar-refractivity contribution in [2.24, 2.45) is 5.92 Å². The molecule has 1 fully saturated rings. The quantitative estimate of drug-likeness (QED) is 0.574. The first-order chi connectivity index (χ1) is 16.4. The molecule has 0 radical (unpaired) electrons. The predicted octanol–water partition coefficient (Wildman–Crippen LogP) is 2.52. The average molecular weight is 484 g/mol. The van der Waals surface area contributed by atoms with Crippen LogP contribution >= 0.6 is 0 Å². The number of ether oxygens (including phenoxy) is 2. The number of esters is 1. The largest absolute Gasteiger partial charge is 0.458 e. The smallest absolute Gasteiger partial charge is 0.332 e. The maximum absolute atomic E-state index is 13.3. The van der Waals surface area contributed by atoms with Gasteiger partial charge in [0.05, 0.1) is 18.6 Å². The maximum Gasteiger partial charge on any atom is 0.332 e. The highest BCUT2D eigenvalue weighted by molar-refractivity contribution is 5.99. The van der Waals surface area contributed by atoms with Crippen LogP contribution in [0.25, 0.3) is 10.9 Å². The highest BCUT2D eigenvalue weighted by Gasteiger charge is 2.38. The van der Waals surface area contributed by atoms with E-state index in [4.69, 9.17) is 9.47 Å². The van der Waals surface area contributed by atoms with Gasteiger partial charge in [-0.3, -0.25) is 14.4 Å². The highest BCUT2D eigenvalue weighted by atomic mass is 16.6. The summed E-state index contributed by atoms with van der Waals surface area (Å²) in [5.41, 5.74) is 0.230. The number of Topliss-reactive ketones (excluding diaryl/α,β-unsaturated/α-hetero) is 1. The van der Waals surface area contributed by atoms with Gasteiger partial charge in [-0.2, -0.15) is 0 Å². The number of pyridine rings is 1. The van der Waals surface area contributed by atoms with E-state index in [1.807, 2.05) is 44.2 Å². The second-order valence-electron chi connectivity index (χ2n) is 10.1. The van der Waals surface area contributed by atoms with Gasteiger partial charge in [-0.15, -0.1) is 0 Å². The Hall–Kier alpha value is -3.33. The van der Waals surface area contributed by atoms with Crippen LogP contribution in [-0.4, -0.2) is 70.9 Å². The van der Waals surface area contributed by atoms with E-state index in [1.165, 1.54) is 4.90 Å². The van der Waals surface area contributed by atoms with Crippen molar-refractivity contribution in [3.63, 3.8) is 0 Å². The van der Waals surface area contributed by atoms with Gasteiger partial charge in [-0.1, -0.05) is 38.1 Å². The Morgan fingerprint density at radius 3 is 2.54 bits per heavy atom. The van der Waals surface area contributed by atoms with E-state index in [1.54, 1.807) is 26.8 Å². The average Bonchev–Trinajstić information content (AvgIpc) is 3.15. The summed E-state index contributed by atoms with van der Waals surface area (Å²) in [5, 5.41) is 3.70. The molecule has 0 aliphatic carbocycles. The van der Waals surface area contributed by atoms with Crippen molar-refractivity contribution in [1.29, 1.82) is 0 Å². The normalized spacial score (nSPS) is 17.0. The molecule has 2 amide bonds. The van der Waals surface area contributed by atoms with Gasteiger partial charge in [0.2, 0.25) is 5.91 Å². The third kappa shape index (κ3) is 7.32.